The van der Waals surface area contributed by atoms with Crippen LogP contribution in [-0.2, 0) is 6.42 Å². The quantitative estimate of drug-likeness (QED) is 0.697. The zero-order valence-electron chi connectivity index (χ0n) is 17.7. The first-order valence-corrected chi connectivity index (χ1v) is 10.9. The molecule has 0 spiro atoms. The number of nitrogens with one attached hydrogen (secondary N) is 1. The van der Waals surface area contributed by atoms with Gasteiger partial charge in [-0.3, -0.25) is 4.79 Å². The smallest absolute Gasteiger partial charge is 0.227 e. The number of Topliss-reactive ketones (excluding diaryl/α,β-unsaturated/α-hetero) is 1. The average molecular weight is 415 g/mol. The van der Waals surface area contributed by atoms with Gasteiger partial charge in [0.15, 0.2) is 5.78 Å². The third kappa shape index (κ3) is 4.08. The van der Waals surface area contributed by atoms with Crippen LogP contribution >= 0.6 is 0 Å². The molecule has 0 radical (unpaired) electrons. The van der Waals surface area contributed by atoms with Crippen LogP contribution in [-0.4, -0.2) is 46.9 Å². The topological polar surface area (TPSA) is 74.2 Å². The molecule has 1 aliphatic heterocycles. The van der Waals surface area contributed by atoms with E-state index in [9.17, 15) is 4.79 Å². The van der Waals surface area contributed by atoms with E-state index in [4.69, 9.17) is 9.97 Å². The van der Waals surface area contributed by atoms with E-state index in [1.165, 1.54) is 5.56 Å². The number of anilines is 4. The number of carbonyl (C=O) groups is 1. The largest absolute Gasteiger partial charge is 0.353 e. The number of carbonyl (C=O) groups excluding carboxylic acids is 1. The summed E-state index contributed by atoms with van der Waals surface area (Å²) in [5, 5.41) is 3.38. The normalized spacial score (nSPS) is 16.2. The lowest BCUT2D eigenvalue weighted by atomic mass is 9.95. The molecule has 3 aromatic rings. The van der Waals surface area contributed by atoms with Gasteiger partial charge in [0.25, 0.3) is 0 Å². The minimum absolute atomic E-state index is 0.127. The van der Waals surface area contributed by atoms with Crippen LogP contribution in [0, 0.1) is 6.92 Å². The molecule has 0 unspecified atom stereocenters. The Morgan fingerprint density at radius 2 is 1.68 bits per heavy atom. The van der Waals surface area contributed by atoms with E-state index in [1.54, 1.807) is 0 Å². The van der Waals surface area contributed by atoms with E-state index >= 15 is 0 Å². The molecule has 0 atom stereocenters. The van der Waals surface area contributed by atoms with Crippen molar-refractivity contribution in [3.05, 3.63) is 65.5 Å². The summed E-state index contributed by atoms with van der Waals surface area (Å²) in [4.78, 5) is 31.3. The summed E-state index contributed by atoms with van der Waals surface area (Å²) < 4.78 is 0. The number of aromatic nitrogens is 3. The van der Waals surface area contributed by atoms with Crippen LogP contribution in [0.4, 0.5) is 23.3 Å². The fourth-order valence-corrected chi connectivity index (χ4v) is 4.19. The van der Waals surface area contributed by atoms with Crippen LogP contribution < -0.4 is 15.1 Å². The van der Waals surface area contributed by atoms with Gasteiger partial charge in [-0.1, -0.05) is 23.8 Å². The molecule has 0 saturated carbocycles. The molecule has 1 fully saturated rings. The second kappa shape index (κ2) is 8.34. The van der Waals surface area contributed by atoms with E-state index in [2.05, 4.69) is 39.2 Å². The van der Waals surface area contributed by atoms with E-state index in [0.29, 0.717) is 23.8 Å². The van der Waals surface area contributed by atoms with Gasteiger partial charge in [0.05, 0.1) is 11.3 Å². The summed E-state index contributed by atoms with van der Waals surface area (Å²) in [5.74, 6) is 2.45. The predicted octanol–water partition coefficient (Wildman–Crippen LogP) is 3.77. The Bertz CT molecular complexity index is 1080. The molecular formula is C24H26N6O. The van der Waals surface area contributed by atoms with Crippen molar-refractivity contribution in [2.45, 2.75) is 26.2 Å². The predicted molar refractivity (Wildman–Crippen MR) is 122 cm³/mol. The van der Waals surface area contributed by atoms with Crippen LogP contribution in [0.3, 0.4) is 0 Å². The number of pyridine rings is 1. The first-order chi connectivity index (χ1) is 15.2. The number of piperazine rings is 1. The number of fused-ring (bicyclic) bond motifs is 1. The van der Waals surface area contributed by atoms with Gasteiger partial charge in [0, 0.05) is 44.5 Å². The minimum atomic E-state index is 0.127. The molecule has 31 heavy (non-hydrogen) atoms. The number of benzene rings is 1. The highest BCUT2D eigenvalue weighted by Gasteiger charge is 2.27. The molecule has 0 bridgehead atoms. The highest BCUT2D eigenvalue weighted by Crippen LogP contribution is 2.30. The summed E-state index contributed by atoms with van der Waals surface area (Å²) in [6.45, 7) is 5.40. The van der Waals surface area contributed by atoms with Crippen LogP contribution in [0.5, 0.6) is 0 Å². The standard InChI is InChI=1S/C24H26N6O/c1-17-8-10-18(11-9-17)26-23-22-19(5-4-6-20(22)31)27-24(28-23)30-15-13-29(14-16-30)21-7-2-3-12-25-21/h2-3,7-12H,4-6,13-16H2,1H3,(H,26,27,28). The van der Waals surface area contributed by atoms with E-state index in [0.717, 1.165) is 56.2 Å². The number of hydrogen-bond donors (Lipinski definition) is 1. The van der Waals surface area contributed by atoms with E-state index in [1.807, 2.05) is 36.5 Å². The Morgan fingerprint density at radius 1 is 0.903 bits per heavy atom. The van der Waals surface area contributed by atoms with Crippen molar-refractivity contribution in [1.82, 2.24) is 15.0 Å². The SMILES string of the molecule is Cc1ccc(Nc2nc(N3CCN(c4ccccn4)CC3)nc3c2C(=O)CCC3)cc1. The minimum Gasteiger partial charge on any atom is -0.353 e. The Kier molecular flexibility index (Phi) is 5.24. The van der Waals surface area contributed by atoms with Crippen molar-refractivity contribution in [3.8, 4) is 0 Å². The van der Waals surface area contributed by atoms with Gasteiger partial charge in [-0.15, -0.1) is 0 Å². The first-order valence-electron chi connectivity index (χ1n) is 10.9. The van der Waals surface area contributed by atoms with Crippen LogP contribution in [0.1, 0.15) is 34.5 Å². The van der Waals surface area contributed by atoms with Gasteiger partial charge in [-0.25, -0.2) is 9.97 Å². The average Bonchev–Trinajstić information content (AvgIpc) is 2.81. The molecule has 158 valence electrons. The molecule has 1 aromatic carbocycles. The highest BCUT2D eigenvalue weighted by molar-refractivity contribution is 6.03. The van der Waals surface area contributed by atoms with Gasteiger partial charge in [-0.2, -0.15) is 4.98 Å². The molecule has 7 heteroatoms. The van der Waals surface area contributed by atoms with Gasteiger partial charge in [0.1, 0.15) is 11.6 Å². The molecule has 1 N–H and O–H groups in total. The van der Waals surface area contributed by atoms with Crippen molar-refractivity contribution in [2.75, 3.05) is 41.3 Å². The monoisotopic (exact) mass is 414 g/mol. The van der Waals surface area contributed by atoms with Crippen molar-refractivity contribution in [2.24, 2.45) is 0 Å². The van der Waals surface area contributed by atoms with Crippen LogP contribution in [0.25, 0.3) is 0 Å². The Morgan fingerprint density at radius 3 is 2.42 bits per heavy atom. The maximum atomic E-state index is 12.7. The molecule has 2 aliphatic rings. The summed E-state index contributed by atoms with van der Waals surface area (Å²) >= 11 is 0. The molecule has 0 amide bonds. The van der Waals surface area contributed by atoms with Crippen LogP contribution in [0.2, 0.25) is 0 Å². The fraction of sp³-hybridized carbons (Fsp3) is 0.333. The van der Waals surface area contributed by atoms with Crippen molar-refractivity contribution < 1.29 is 4.79 Å². The maximum absolute atomic E-state index is 12.7. The molecule has 5 rings (SSSR count). The number of hydrogen-bond acceptors (Lipinski definition) is 7. The Labute approximate surface area is 182 Å². The molecule has 3 heterocycles. The lowest BCUT2D eigenvalue weighted by molar-refractivity contribution is 0.0972. The van der Waals surface area contributed by atoms with Crippen molar-refractivity contribution in [3.63, 3.8) is 0 Å². The second-order valence-electron chi connectivity index (χ2n) is 8.12. The number of ketones is 1. The Balaban J connectivity index is 1.41. The van der Waals surface area contributed by atoms with Gasteiger partial charge in [-0.05, 0) is 44.0 Å². The van der Waals surface area contributed by atoms with Crippen molar-refractivity contribution >= 4 is 29.1 Å². The maximum Gasteiger partial charge on any atom is 0.227 e. The second-order valence-corrected chi connectivity index (χ2v) is 8.12. The number of rotatable bonds is 4. The zero-order chi connectivity index (χ0) is 21.2. The fourth-order valence-electron chi connectivity index (χ4n) is 4.19. The highest BCUT2D eigenvalue weighted by atomic mass is 16.1. The summed E-state index contributed by atoms with van der Waals surface area (Å²) in [6, 6.07) is 14.1. The third-order valence-corrected chi connectivity index (χ3v) is 5.92. The molecule has 2 aromatic heterocycles. The zero-order valence-corrected chi connectivity index (χ0v) is 17.7. The summed E-state index contributed by atoms with van der Waals surface area (Å²) in [5.41, 5.74) is 3.64. The molecule has 1 aliphatic carbocycles. The van der Waals surface area contributed by atoms with Gasteiger partial charge in [0.2, 0.25) is 5.95 Å². The summed E-state index contributed by atoms with van der Waals surface area (Å²) in [6.07, 6.45) is 4.04. The molecule has 7 nitrogen and oxygen atoms in total. The summed E-state index contributed by atoms with van der Waals surface area (Å²) in [7, 11) is 0. The van der Waals surface area contributed by atoms with E-state index < -0.39 is 0 Å². The van der Waals surface area contributed by atoms with E-state index in [-0.39, 0.29) is 5.78 Å². The number of nitrogens with zero attached hydrogens (tertiary/aromatic N) is 5. The van der Waals surface area contributed by atoms with Crippen LogP contribution in [0.15, 0.2) is 48.7 Å². The first kappa shape index (κ1) is 19.5. The van der Waals surface area contributed by atoms with Crippen molar-refractivity contribution in [1.29, 1.82) is 0 Å². The van der Waals surface area contributed by atoms with Gasteiger partial charge >= 0.3 is 0 Å². The lowest BCUT2D eigenvalue weighted by Crippen LogP contribution is -2.47. The van der Waals surface area contributed by atoms with Gasteiger partial charge < -0.3 is 15.1 Å². The molecular weight excluding hydrogens is 388 g/mol. The third-order valence-electron chi connectivity index (χ3n) is 5.92. The number of aryl methyl sites for hydroxylation is 2. The lowest BCUT2D eigenvalue weighted by Gasteiger charge is -2.36. The molecule has 1 saturated heterocycles. The Hall–Kier alpha value is -3.48.